The van der Waals surface area contributed by atoms with Crippen molar-refractivity contribution in [2.24, 2.45) is 5.73 Å². The van der Waals surface area contributed by atoms with Crippen LogP contribution in [0, 0.1) is 0 Å². The molecule has 0 aromatic heterocycles. The monoisotopic (exact) mass is 442 g/mol. The number of primary amides is 1. The first-order valence-corrected chi connectivity index (χ1v) is 11.1. The number of rotatable bonds is 8. The molecule has 1 aromatic rings. The number of urea groups is 1. The summed E-state index contributed by atoms with van der Waals surface area (Å²) in [6.45, 7) is 1.85. The Hall–Kier alpha value is -1.97. The van der Waals surface area contributed by atoms with E-state index in [1.807, 2.05) is 17.2 Å². The van der Waals surface area contributed by atoms with Crippen LogP contribution in [0.4, 0.5) is 4.79 Å². The van der Waals surface area contributed by atoms with Crippen molar-refractivity contribution in [3.63, 3.8) is 0 Å². The number of benzene rings is 1. The molecule has 0 saturated carbocycles. The van der Waals surface area contributed by atoms with Crippen LogP contribution in [0.5, 0.6) is 0 Å². The molecule has 0 unspecified atom stereocenters. The molecule has 1 aliphatic heterocycles. The Morgan fingerprint density at radius 3 is 2.52 bits per heavy atom. The molecule has 8 nitrogen and oxygen atoms in total. The highest BCUT2D eigenvalue weighted by Gasteiger charge is 2.34. The van der Waals surface area contributed by atoms with E-state index in [1.165, 1.54) is 7.11 Å². The van der Waals surface area contributed by atoms with Gasteiger partial charge in [-0.3, -0.25) is 9.69 Å². The number of methoxy groups -OCH3 is 1. The van der Waals surface area contributed by atoms with Crippen LogP contribution < -0.4 is 11.1 Å². The zero-order valence-corrected chi connectivity index (χ0v) is 18.2. The molecule has 160 valence electrons. The van der Waals surface area contributed by atoms with Gasteiger partial charge in [0.05, 0.1) is 7.11 Å². The second kappa shape index (κ2) is 11.3. The Bertz CT molecular complexity index is 728. The molecule has 1 aromatic carbocycles. The van der Waals surface area contributed by atoms with Gasteiger partial charge in [-0.2, -0.15) is 11.8 Å². The van der Waals surface area contributed by atoms with Crippen LogP contribution in [0.15, 0.2) is 24.3 Å². The molecule has 1 fully saturated rings. The minimum atomic E-state index is -0.713. The van der Waals surface area contributed by atoms with Gasteiger partial charge in [-0.1, -0.05) is 23.7 Å². The van der Waals surface area contributed by atoms with E-state index < -0.39 is 18.1 Å². The fourth-order valence-electron chi connectivity index (χ4n) is 3.37. The molecule has 2 atom stereocenters. The molecule has 0 aliphatic carbocycles. The maximum absolute atomic E-state index is 12.8. The van der Waals surface area contributed by atoms with Crippen LogP contribution in [-0.4, -0.2) is 79.0 Å². The molecular formula is C19H27ClN4O4S. The zero-order valence-electron chi connectivity index (χ0n) is 16.6. The number of hydrogen-bond acceptors (Lipinski definition) is 6. The minimum Gasteiger partial charge on any atom is -0.468 e. The van der Waals surface area contributed by atoms with Gasteiger partial charge >= 0.3 is 12.0 Å². The molecule has 3 N–H and O–H groups in total. The lowest BCUT2D eigenvalue weighted by Crippen LogP contribution is -2.56. The van der Waals surface area contributed by atoms with Gasteiger partial charge in [-0.05, 0) is 36.1 Å². The van der Waals surface area contributed by atoms with E-state index in [2.05, 4.69) is 5.32 Å². The summed E-state index contributed by atoms with van der Waals surface area (Å²) in [6, 6.07) is 5.17. The smallest absolute Gasteiger partial charge is 0.327 e. The lowest BCUT2D eigenvalue weighted by atomic mass is 10.0. The van der Waals surface area contributed by atoms with Gasteiger partial charge in [0.2, 0.25) is 5.91 Å². The van der Waals surface area contributed by atoms with Crippen molar-refractivity contribution in [1.29, 1.82) is 0 Å². The highest BCUT2D eigenvalue weighted by Crippen LogP contribution is 2.26. The average Bonchev–Trinajstić information content (AvgIpc) is 2.71. The summed E-state index contributed by atoms with van der Waals surface area (Å²) in [5.74, 6) is 0.200. The van der Waals surface area contributed by atoms with E-state index in [9.17, 15) is 14.4 Å². The standard InChI is InChI=1S/C19H27ClN4O4S/c1-28-18(26)16(13-4-3-5-14(20)12-13)23-7-9-24(10-8-23)17(25)15(6-11-29-2)22-19(21)27/h3-5,12,15-16H,6-11H2,1-2H3,(H3,21,22,27)/t15-,16-/m1/s1. The van der Waals surface area contributed by atoms with Gasteiger partial charge in [-0.15, -0.1) is 0 Å². The maximum Gasteiger partial charge on any atom is 0.327 e. The van der Waals surface area contributed by atoms with Crippen LogP contribution in [0.2, 0.25) is 5.02 Å². The molecular weight excluding hydrogens is 416 g/mol. The van der Waals surface area contributed by atoms with E-state index in [4.69, 9.17) is 22.1 Å². The number of nitrogens with two attached hydrogens (primary N) is 1. The summed E-state index contributed by atoms with van der Waals surface area (Å²) in [5, 5.41) is 3.08. The Labute approximate surface area is 180 Å². The molecule has 1 aliphatic rings. The highest BCUT2D eigenvalue weighted by atomic mass is 35.5. The Kier molecular flexibility index (Phi) is 9.06. The molecule has 3 amide bonds. The van der Waals surface area contributed by atoms with E-state index in [-0.39, 0.29) is 11.9 Å². The number of carbonyl (C=O) groups is 3. The topological polar surface area (TPSA) is 105 Å². The van der Waals surface area contributed by atoms with Crippen LogP contribution in [0.3, 0.4) is 0 Å². The number of thioether (sulfide) groups is 1. The van der Waals surface area contributed by atoms with E-state index in [0.29, 0.717) is 37.6 Å². The molecule has 2 rings (SSSR count). The third kappa shape index (κ3) is 6.52. The van der Waals surface area contributed by atoms with Crippen LogP contribution >= 0.6 is 23.4 Å². The number of piperazine rings is 1. The van der Waals surface area contributed by atoms with Gasteiger partial charge < -0.3 is 20.7 Å². The Morgan fingerprint density at radius 2 is 1.97 bits per heavy atom. The molecule has 1 saturated heterocycles. The molecule has 10 heteroatoms. The van der Waals surface area contributed by atoms with Crippen molar-refractivity contribution in [2.75, 3.05) is 45.3 Å². The van der Waals surface area contributed by atoms with Crippen molar-refractivity contribution in [1.82, 2.24) is 15.1 Å². The number of ether oxygens (including phenoxy) is 1. The molecule has 0 spiro atoms. The van der Waals surface area contributed by atoms with Crippen molar-refractivity contribution in [2.45, 2.75) is 18.5 Å². The summed E-state index contributed by atoms with van der Waals surface area (Å²) >= 11 is 7.69. The second-order valence-corrected chi connectivity index (χ2v) is 8.11. The number of carbonyl (C=O) groups excluding carboxylic acids is 3. The predicted molar refractivity (Wildman–Crippen MR) is 114 cm³/mol. The summed E-state index contributed by atoms with van der Waals surface area (Å²) in [7, 11) is 1.35. The van der Waals surface area contributed by atoms with Gasteiger partial charge in [0.1, 0.15) is 12.1 Å². The van der Waals surface area contributed by atoms with E-state index >= 15 is 0 Å². The van der Waals surface area contributed by atoms with Gasteiger partial charge in [0, 0.05) is 31.2 Å². The fourth-order valence-corrected chi connectivity index (χ4v) is 4.04. The summed E-state index contributed by atoms with van der Waals surface area (Å²) < 4.78 is 4.99. The Balaban J connectivity index is 2.07. The number of nitrogens with one attached hydrogen (secondary N) is 1. The third-order valence-electron chi connectivity index (χ3n) is 4.81. The van der Waals surface area contributed by atoms with Crippen molar-refractivity contribution < 1.29 is 19.1 Å². The molecule has 0 radical (unpaired) electrons. The summed E-state index contributed by atoms with van der Waals surface area (Å²) in [6.07, 6.45) is 2.45. The van der Waals surface area contributed by atoms with Gasteiger partial charge in [0.25, 0.3) is 0 Å². The number of halogens is 1. The quantitative estimate of drug-likeness (QED) is 0.591. The SMILES string of the molecule is COC(=O)[C@@H](c1cccc(Cl)c1)N1CCN(C(=O)[C@@H](CCSC)NC(N)=O)CC1. The number of amides is 3. The van der Waals surface area contributed by atoms with E-state index in [1.54, 1.807) is 34.9 Å². The first-order valence-electron chi connectivity index (χ1n) is 9.28. The first kappa shape index (κ1) is 23.3. The van der Waals surface area contributed by atoms with Gasteiger partial charge in [-0.25, -0.2) is 9.59 Å². The number of nitrogens with zero attached hydrogens (tertiary/aromatic N) is 2. The van der Waals surface area contributed by atoms with Crippen LogP contribution in [0.25, 0.3) is 0 Å². The third-order valence-corrected chi connectivity index (χ3v) is 5.68. The summed E-state index contributed by atoms with van der Waals surface area (Å²) in [4.78, 5) is 40.2. The molecule has 1 heterocycles. The largest absolute Gasteiger partial charge is 0.468 e. The maximum atomic E-state index is 12.8. The van der Waals surface area contributed by atoms with Crippen molar-refractivity contribution >= 4 is 41.3 Å². The van der Waals surface area contributed by atoms with E-state index in [0.717, 1.165) is 11.3 Å². The summed E-state index contributed by atoms with van der Waals surface area (Å²) in [5.41, 5.74) is 5.97. The normalized spacial score (nSPS) is 16.7. The number of hydrogen-bond donors (Lipinski definition) is 2. The fraction of sp³-hybridized carbons (Fsp3) is 0.526. The second-order valence-electron chi connectivity index (χ2n) is 6.68. The average molecular weight is 443 g/mol. The number of esters is 1. The van der Waals surface area contributed by atoms with Crippen molar-refractivity contribution in [3.8, 4) is 0 Å². The zero-order chi connectivity index (χ0) is 21.4. The first-order chi connectivity index (χ1) is 13.9. The minimum absolute atomic E-state index is 0.158. The van der Waals surface area contributed by atoms with Crippen LogP contribution in [0.1, 0.15) is 18.0 Å². The lowest BCUT2D eigenvalue weighted by Gasteiger charge is -2.39. The lowest BCUT2D eigenvalue weighted by molar-refractivity contribution is -0.148. The predicted octanol–water partition coefficient (Wildman–Crippen LogP) is 1.49. The highest BCUT2D eigenvalue weighted by molar-refractivity contribution is 7.98. The Morgan fingerprint density at radius 1 is 1.28 bits per heavy atom. The van der Waals surface area contributed by atoms with Crippen LogP contribution in [-0.2, 0) is 14.3 Å². The molecule has 29 heavy (non-hydrogen) atoms. The molecule has 0 bridgehead atoms. The van der Waals surface area contributed by atoms with Gasteiger partial charge in [0.15, 0.2) is 0 Å². The van der Waals surface area contributed by atoms with Crippen molar-refractivity contribution in [3.05, 3.63) is 34.9 Å².